The Kier molecular flexibility index (Phi) is 17.5. The van der Waals surface area contributed by atoms with Gasteiger partial charge >= 0.3 is 5.97 Å². The van der Waals surface area contributed by atoms with Crippen LogP contribution < -0.4 is 21.3 Å². The lowest BCUT2D eigenvalue weighted by Crippen LogP contribution is -2.51. The third-order valence-electron chi connectivity index (χ3n) is 7.98. The highest BCUT2D eigenvalue weighted by atomic mass is 16.5. The second kappa shape index (κ2) is 22.3. The number of aliphatic carboxylic acids is 1. The topological polar surface area (TPSA) is 250 Å². The van der Waals surface area contributed by atoms with Gasteiger partial charge < -0.3 is 45.6 Å². The molecule has 288 valence electrons. The van der Waals surface area contributed by atoms with Crippen molar-refractivity contribution in [2.45, 2.75) is 31.7 Å². The summed E-state index contributed by atoms with van der Waals surface area (Å²) >= 11 is 0. The molecule has 8 amide bonds. The van der Waals surface area contributed by atoms with Crippen molar-refractivity contribution >= 4 is 53.2 Å². The second-order valence-corrected chi connectivity index (χ2v) is 11.9. The van der Waals surface area contributed by atoms with E-state index in [4.69, 9.17) is 14.6 Å². The van der Waals surface area contributed by atoms with Gasteiger partial charge in [0.2, 0.25) is 35.4 Å². The van der Waals surface area contributed by atoms with E-state index in [-0.39, 0.29) is 96.6 Å². The Bertz CT molecular complexity index is 1490. The summed E-state index contributed by atoms with van der Waals surface area (Å²) in [6, 6.07) is 7.63. The van der Waals surface area contributed by atoms with Gasteiger partial charge in [0.1, 0.15) is 12.6 Å². The van der Waals surface area contributed by atoms with E-state index < -0.39 is 67.1 Å². The fourth-order valence-electron chi connectivity index (χ4n) is 5.12. The molecule has 0 bridgehead atoms. The maximum absolute atomic E-state index is 12.9. The van der Waals surface area contributed by atoms with Gasteiger partial charge in [0.05, 0.1) is 39.5 Å². The van der Waals surface area contributed by atoms with Crippen LogP contribution >= 0.6 is 0 Å². The first-order valence-electron chi connectivity index (χ1n) is 17.0. The Hall–Kier alpha value is -5.69. The number of carbonyl (C=O) groups excluding carboxylic acids is 8. The maximum atomic E-state index is 12.9. The summed E-state index contributed by atoms with van der Waals surface area (Å²) < 4.78 is 11.3. The number of nitrogens with one attached hydrogen (secondary N) is 4. The van der Waals surface area contributed by atoms with Gasteiger partial charge in [-0.2, -0.15) is 0 Å². The smallest absolute Gasteiger partial charge is 0.322 e. The van der Waals surface area contributed by atoms with Gasteiger partial charge in [0, 0.05) is 70.6 Å². The number of amides is 8. The van der Waals surface area contributed by atoms with Crippen LogP contribution in [0.25, 0.3) is 0 Å². The van der Waals surface area contributed by atoms with E-state index in [0.717, 1.165) is 17.1 Å². The van der Waals surface area contributed by atoms with Crippen LogP contribution in [0.15, 0.2) is 42.5 Å². The van der Waals surface area contributed by atoms with Crippen LogP contribution in [0.1, 0.15) is 24.8 Å². The number of imide groups is 1. The molecule has 2 aliphatic heterocycles. The zero-order chi connectivity index (χ0) is 38.6. The van der Waals surface area contributed by atoms with Crippen LogP contribution in [-0.4, -0.2) is 158 Å². The van der Waals surface area contributed by atoms with Crippen LogP contribution in [0.5, 0.6) is 0 Å². The zero-order valence-electron chi connectivity index (χ0n) is 29.2. The SMILES string of the molecule is O=C(O)CNC(=O)[C@H](Cc1ccccc1)NC(=O)CNC(=O)CNC(=O)CCC(=O)N1CCOCCN(C(=O)CCN2C(=O)C=CC2=O)CCOCC1. The molecule has 19 nitrogen and oxygen atoms in total. The molecule has 3 rings (SSSR count). The molecule has 5 N–H and O–H groups in total. The summed E-state index contributed by atoms with van der Waals surface area (Å²) in [5.41, 5.74) is 0.712. The zero-order valence-corrected chi connectivity index (χ0v) is 29.2. The molecule has 0 saturated carbocycles. The van der Waals surface area contributed by atoms with E-state index in [9.17, 15) is 43.2 Å². The van der Waals surface area contributed by atoms with Crippen LogP contribution in [0.2, 0.25) is 0 Å². The highest BCUT2D eigenvalue weighted by Gasteiger charge is 2.26. The molecule has 19 heteroatoms. The van der Waals surface area contributed by atoms with Crippen molar-refractivity contribution in [3.8, 4) is 0 Å². The molecule has 1 atom stereocenters. The molecule has 1 saturated heterocycles. The fourth-order valence-corrected chi connectivity index (χ4v) is 5.12. The molecular formula is C34H45N7O12. The lowest BCUT2D eigenvalue weighted by Gasteiger charge is -2.27. The van der Waals surface area contributed by atoms with Crippen LogP contribution in [0.4, 0.5) is 0 Å². The fraction of sp³-hybridized carbons (Fsp3) is 0.500. The molecule has 1 aromatic rings. The average Bonchev–Trinajstić information content (AvgIpc) is 3.46. The number of nitrogens with zero attached hydrogens (tertiary/aromatic N) is 3. The van der Waals surface area contributed by atoms with E-state index in [1.807, 2.05) is 0 Å². The van der Waals surface area contributed by atoms with Crippen molar-refractivity contribution in [3.05, 3.63) is 48.0 Å². The number of rotatable bonds is 16. The monoisotopic (exact) mass is 743 g/mol. The first-order chi connectivity index (χ1) is 25.4. The lowest BCUT2D eigenvalue weighted by atomic mass is 10.1. The summed E-state index contributed by atoms with van der Waals surface area (Å²) in [6.45, 7) is -0.0492. The molecule has 0 spiro atoms. The van der Waals surface area contributed by atoms with E-state index in [0.29, 0.717) is 5.56 Å². The summed E-state index contributed by atoms with van der Waals surface area (Å²) in [7, 11) is 0. The number of benzene rings is 1. The predicted molar refractivity (Wildman–Crippen MR) is 183 cm³/mol. The third-order valence-corrected chi connectivity index (χ3v) is 7.98. The van der Waals surface area contributed by atoms with Gasteiger partial charge in [-0.1, -0.05) is 30.3 Å². The number of carboxylic acid groups (broad SMARTS) is 1. The molecule has 0 radical (unpaired) electrons. The van der Waals surface area contributed by atoms with Crippen LogP contribution in [0.3, 0.4) is 0 Å². The predicted octanol–water partition coefficient (Wildman–Crippen LogP) is -3.05. The van der Waals surface area contributed by atoms with Crippen molar-refractivity contribution in [3.63, 3.8) is 0 Å². The normalized spacial score (nSPS) is 15.8. The molecule has 0 aliphatic carbocycles. The Balaban J connectivity index is 1.33. The van der Waals surface area contributed by atoms with Gasteiger partial charge in [-0.25, -0.2) is 0 Å². The van der Waals surface area contributed by atoms with Crippen molar-refractivity contribution < 1.29 is 57.7 Å². The molecule has 2 heterocycles. The minimum Gasteiger partial charge on any atom is -0.480 e. The molecule has 2 aliphatic rings. The number of hydrogen-bond donors (Lipinski definition) is 5. The minimum absolute atomic E-state index is 0.0266. The first-order valence-corrected chi connectivity index (χ1v) is 17.0. The molecule has 1 aromatic carbocycles. The molecule has 0 aromatic heterocycles. The van der Waals surface area contributed by atoms with Crippen LogP contribution in [0, 0.1) is 0 Å². The Morgan fingerprint density at radius 1 is 0.660 bits per heavy atom. The van der Waals surface area contributed by atoms with Crippen molar-refractivity contribution in [1.82, 2.24) is 36.0 Å². The number of carboxylic acids is 1. The molecule has 0 unspecified atom stereocenters. The van der Waals surface area contributed by atoms with Gasteiger partial charge in [-0.05, 0) is 5.56 Å². The molecular weight excluding hydrogens is 698 g/mol. The molecule has 53 heavy (non-hydrogen) atoms. The summed E-state index contributed by atoms with van der Waals surface area (Å²) in [6.07, 6.45) is 2.00. The van der Waals surface area contributed by atoms with Crippen molar-refractivity contribution in [1.29, 1.82) is 0 Å². The summed E-state index contributed by atoms with van der Waals surface area (Å²) in [5, 5.41) is 18.3. The van der Waals surface area contributed by atoms with E-state index in [1.54, 1.807) is 30.3 Å². The first kappa shape index (κ1) is 41.7. The standard InChI is InChI=1S/C34H45N7O12/c42-26(35-21-27(43)36-22-28(44)38-25(34(51)37-23-33(49)50)20-24-4-2-1-3-5-24)6-7-29(45)39-12-16-52-18-14-40(15-19-53-17-13-39)30(46)10-11-41-31(47)8-9-32(41)48/h1-5,8-9,25H,6-7,10-23H2,(H,35,42)(H,36,43)(H,37,51)(H,38,44)(H,49,50)/t25-/m0/s1. The van der Waals surface area contributed by atoms with Crippen molar-refractivity contribution in [2.24, 2.45) is 0 Å². The number of carbonyl (C=O) groups is 9. The van der Waals surface area contributed by atoms with E-state index >= 15 is 0 Å². The van der Waals surface area contributed by atoms with Crippen molar-refractivity contribution in [2.75, 3.05) is 78.8 Å². The van der Waals surface area contributed by atoms with Crippen LogP contribution in [-0.2, 0) is 59.0 Å². The summed E-state index contributed by atoms with van der Waals surface area (Å²) in [5.74, 6) is -5.45. The number of ether oxygens (including phenoxy) is 2. The van der Waals surface area contributed by atoms with Gasteiger partial charge in [-0.15, -0.1) is 0 Å². The quantitative estimate of drug-likeness (QED) is 0.106. The molecule has 1 fully saturated rings. The van der Waals surface area contributed by atoms with E-state index in [2.05, 4.69) is 21.3 Å². The van der Waals surface area contributed by atoms with Gasteiger partial charge in [-0.3, -0.25) is 48.1 Å². The van der Waals surface area contributed by atoms with Gasteiger partial charge in [0.25, 0.3) is 11.8 Å². The number of hydrogen-bond acceptors (Lipinski definition) is 11. The van der Waals surface area contributed by atoms with E-state index in [1.165, 1.54) is 9.80 Å². The second-order valence-electron chi connectivity index (χ2n) is 11.9. The van der Waals surface area contributed by atoms with Gasteiger partial charge in [0.15, 0.2) is 0 Å². The maximum Gasteiger partial charge on any atom is 0.322 e. The third kappa shape index (κ3) is 15.6. The highest BCUT2D eigenvalue weighted by Crippen LogP contribution is 2.07. The Labute approximate surface area is 305 Å². The Morgan fingerprint density at radius 3 is 1.75 bits per heavy atom. The Morgan fingerprint density at radius 2 is 1.19 bits per heavy atom. The average molecular weight is 744 g/mol. The minimum atomic E-state index is -1.25. The lowest BCUT2D eigenvalue weighted by molar-refractivity contribution is -0.139. The largest absolute Gasteiger partial charge is 0.480 e. The highest BCUT2D eigenvalue weighted by molar-refractivity contribution is 6.13. The summed E-state index contributed by atoms with van der Waals surface area (Å²) in [4.78, 5) is 114.